The maximum Gasteiger partial charge on any atom is 0.412 e. The predicted octanol–water partition coefficient (Wildman–Crippen LogP) is 3.79. The second-order valence-corrected chi connectivity index (χ2v) is 6.89. The molecule has 0 spiro atoms. The van der Waals surface area contributed by atoms with E-state index in [0.717, 1.165) is 17.7 Å². The van der Waals surface area contributed by atoms with Gasteiger partial charge in [-0.3, -0.25) is 5.32 Å². The number of benzene rings is 2. The van der Waals surface area contributed by atoms with Crippen LogP contribution in [0.25, 0.3) is 11.0 Å². The van der Waals surface area contributed by atoms with Crippen molar-refractivity contribution in [1.29, 1.82) is 0 Å². The molecule has 0 radical (unpaired) electrons. The molecular formula is C22H24N2O5. The molecule has 0 bridgehead atoms. The monoisotopic (exact) mass is 396 g/mol. The minimum Gasteiger partial charge on any atom is -0.492 e. The summed E-state index contributed by atoms with van der Waals surface area (Å²) in [6.07, 6.45) is -0.721. The van der Waals surface area contributed by atoms with Crippen LogP contribution in [0, 0.1) is 6.92 Å². The van der Waals surface area contributed by atoms with Gasteiger partial charge in [0.25, 0.3) is 0 Å². The van der Waals surface area contributed by atoms with Gasteiger partial charge in [-0.25, -0.2) is 9.59 Å². The summed E-state index contributed by atoms with van der Waals surface area (Å²) < 4.78 is 16.4. The van der Waals surface area contributed by atoms with Gasteiger partial charge in [-0.15, -0.1) is 0 Å². The third-order valence-electron chi connectivity index (χ3n) is 4.35. The van der Waals surface area contributed by atoms with Crippen LogP contribution in [0.3, 0.4) is 0 Å². The number of hydrogen-bond acceptors (Lipinski definition) is 6. The standard InChI is InChI=1S/C22H24N2O5/c1-15-19(27-12-11-24(2)3)10-9-17-13-18(21(25)29-20(15)17)23-22(26)28-14-16-7-5-4-6-8-16/h4-10,13H,11-12,14H2,1-3H3,(H,23,26). The third kappa shape index (κ3) is 5.36. The van der Waals surface area contributed by atoms with Gasteiger partial charge in [0.2, 0.25) is 0 Å². The fourth-order valence-electron chi connectivity index (χ4n) is 2.76. The lowest BCUT2D eigenvalue weighted by atomic mass is 10.1. The highest BCUT2D eigenvalue weighted by Crippen LogP contribution is 2.27. The van der Waals surface area contributed by atoms with Gasteiger partial charge in [0, 0.05) is 17.5 Å². The number of nitrogens with zero attached hydrogens (tertiary/aromatic N) is 1. The van der Waals surface area contributed by atoms with E-state index in [2.05, 4.69) is 5.32 Å². The summed E-state index contributed by atoms with van der Waals surface area (Å²) >= 11 is 0. The van der Waals surface area contributed by atoms with E-state index in [1.165, 1.54) is 0 Å². The molecule has 0 atom stereocenters. The molecule has 2 aromatic carbocycles. The fourth-order valence-corrected chi connectivity index (χ4v) is 2.76. The Hall–Kier alpha value is -3.32. The normalized spacial score (nSPS) is 10.9. The number of ether oxygens (including phenoxy) is 2. The Kier molecular flexibility index (Phi) is 6.51. The quantitative estimate of drug-likeness (QED) is 0.612. The zero-order valence-corrected chi connectivity index (χ0v) is 16.7. The molecule has 0 aliphatic rings. The van der Waals surface area contributed by atoms with Gasteiger partial charge < -0.3 is 18.8 Å². The third-order valence-corrected chi connectivity index (χ3v) is 4.35. The molecule has 7 nitrogen and oxygen atoms in total. The summed E-state index contributed by atoms with van der Waals surface area (Å²) in [7, 11) is 3.93. The van der Waals surface area contributed by atoms with Crippen molar-refractivity contribution in [3.8, 4) is 5.75 Å². The van der Waals surface area contributed by atoms with Crippen LogP contribution in [0.2, 0.25) is 0 Å². The molecule has 7 heteroatoms. The molecule has 0 unspecified atom stereocenters. The second kappa shape index (κ2) is 9.25. The average molecular weight is 396 g/mol. The topological polar surface area (TPSA) is 81.0 Å². The SMILES string of the molecule is Cc1c(OCCN(C)C)ccc2cc(NC(=O)OCc3ccccc3)c(=O)oc12. The van der Waals surface area contributed by atoms with Crippen LogP contribution >= 0.6 is 0 Å². The minimum absolute atomic E-state index is 0.0243. The lowest BCUT2D eigenvalue weighted by molar-refractivity contribution is 0.155. The lowest BCUT2D eigenvalue weighted by Gasteiger charge is -2.13. The van der Waals surface area contributed by atoms with Gasteiger partial charge in [0.05, 0.1) is 0 Å². The van der Waals surface area contributed by atoms with E-state index < -0.39 is 11.7 Å². The molecule has 152 valence electrons. The molecule has 1 heterocycles. The first-order chi connectivity index (χ1) is 13.9. The maximum atomic E-state index is 12.3. The predicted molar refractivity (Wildman–Crippen MR) is 112 cm³/mol. The van der Waals surface area contributed by atoms with Gasteiger partial charge in [-0.2, -0.15) is 0 Å². The Morgan fingerprint density at radius 3 is 2.62 bits per heavy atom. The number of carbonyl (C=O) groups is 1. The largest absolute Gasteiger partial charge is 0.492 e. The Balaban J connectivity index is 1.72. The van der Waals surface area contributed by atoms with Crippen molar-refractivity contribution in [3.05, 3.63) is 70.1 Å². The van der Waals surface area contributed by atoms with Crippen LogP contribution in [-0.4, -0.2) is 38.2 Å². The summed E-state index contributed by atoms with van der Waals surface area (Å²) in [5.74, 6) is 0.658. The summed E-state index contributed by atoms with van der Waals surface area (Å²) in [6, 6.07) is 14.5. The first-order valence-corrected chi connectivity index (χ1v) is 9.27. The van der Waals surface area contributed by atoms with E-state index in [4.69, 9.17) is 13.9 Å². The van der Waals surface area contributed by atoms with E-state index in [-0.39, 0.29) is 12.3 Å². The molecule has 0 aliphatic heterocycles. The Bertz CT molecular complexity index is 1040. The Morgan fingerprint density at radius 1 is 1.14 bits per heavy atom. The molecule has 3 rings (SSSR count). The van der Waals surface area contributed by atoms with Crippen molar-refractivity contribution in [1.82, 2.24) is 4.90 Å². The van der Waals surface area contributed by atoms with Crippen LogP contribution in [0.15, 0.2) is 57.7 Å². The van der Waals surface area contributed by atoms with Gasteiger partial charge in [-0.05, 0) is 44.8 Å². The highest BCUT2D eigenvalue weighted by molar-refractivity contribution is 5.89. The number of fused-ring (bicyclic) bond motifs is 1. The van der Waals surface area contributed by atoms with Crippen LogP contribution in [0.4, 0.5) is 10.5 Å². The van der Waals surface area contributed by atoms with E-state index >= 15 is 0 Å². The van der Waals surface area contributed by atoms with Crippen LogP contribution in [0.5, 0.6) is 5.75 Å². The molecule has 0 saturated carbocycles. The second-order valence-electron chi connectivity index (χ2n) is 6.89. The van der Waals surface area contributed by atoms with E-state index in [1.54, 1.807) is 12.1 Å². The fraction of sp³-hybridized carbons (Fsp3) is 0.273. The number of hydrogen-bond donors (Lipinski definition) is 1. The van der Waals surface area contributed by atoms with Crippen molar-refractivity contribution in [2.24, 2.45) is 0 Å². The highest BCUT2D eigenvalue weighted by atomic mass is 16.5. The first kappa shape index (κ1) is 20.4. The molecule has 29 heavy (non-hydrogen) atoms. The van der Waals surface area contributed by atoms with Gasteiger partial charge in [0.15, 0.2) is 0 Å². The molecule has 1 aromatic heterocycles. The Morgan fingerprint density at radius 2 is 1.90 bits per heavy atom. The average Bonchev–Trinajstić information content (AvgIpc) is 2.70. The van der Waals surface area contributed by atoms with Gasteiger partial charge >= 0.3 is 11.7 Å². The number of anilines is 1. The molecule has 0 aliphatic carbocycles. The smallest absolute Gasteiger partial charge is 0.412 e. The number of rotatable bonds is 7. The molecule has 0 fully saturated rings. The van der Waals surface area contributed by atoms with E-state index in [0.29, 0.717) is 23.3 Å². The van der Waals surface area contributed by atoms with Crippen molar-refractivity contribution >= 4 is 22.7 Å². The number of likely N-dealkylation sites (N-methyl/N-ethyl adjacent to an activating group) is 1. The van der Waals surface area contributed by atoms with E-state index in [9.17, 15) is 9.59 Å². The zero-order valence-electron chi connectivity index (χ0n) is 16.7. The molecular weight excluding hydrogens is 372 g/mol. The Labute approximate surface area is 168 Å². The summed E-state index contributed by atoms with van der Waals surface area (Å²) in [6.45, 7) is 3.24. The van der Waals surface area contributed by atoms with Crippen molar-refractivity contribution in [3.63, 3.8) is 0 Å². The molecule has 1 N–H and O–H groups in total. The summed E-state index contributed by atoms with van der Waals surface area (Å²) in [5.41, 5.74) is 1.39. The number of amides is 1. The maximum absolute atomic E-state index is 12.3. The molecule has 0 saturated heterocycles. The molecule has 1 amide bonds. The first-order valence-electron chi connectivity index (χ1n) is 9.27. The van der Waals surface area contributed by atoms with Crippen molar-refractivity contribution < 1.29 is 18.7 Å². The minimum atomic E-state index is -0.721. The number of nitrogens with one attached hydrogen (secondary N) is 1. The lowest BCUT2D eigenvalue weighted by Crippen LogP contribution is -2.20. The van der Waals surface area contributed by atoms with Crippen LogP contribution in [0.1, 0.15) is 11.1 Å². The van der Waals surface area contributed by atoms with Crippen LogP contribution < -0.4 is 15.7 Å². The molecule has 3 aromatic rings. The number of aryl methyl sites for hydroxylation is 1. The number of carbonyl (C=O) groups excluding carboxylic acids is 1. The van der Waals surface area contributed by atoms with E-state index in [1.807, 2.05) is 62.3 Å². The summed E-state index contributed by atoms with van der Waals surface area (Å²) in [5, 5.41) is 3.13. The van der Waals surface area contributed by atoms with Gasteiger partial charge in [0.1, 0.15) is 30.2 Å². The van der Waals surface area contributed by atoms with Crippen LogP contribution in [-0.2, 0) is 11.3 Å². The highest BCUT2D eigenvalue weighted by Gasteiger charge is 2.13. The zero-order chi connectivity index (χ0) is 20.8. The van der Waals surface area contributed by atoms with Gasteiger partial charge in [-0.1, -0.05) is 30.3 Å². The van der Waals surface area contributed by atoms with Crippen molar-refractivity contribution in [2.45, 2.75) is 13.5 Å². The van der Waals surface area contributed by atoms with Crippen molar-refractivity contribution in [2.75, 3.05) is 32.6 Å². The summed E-state index contributed by atoms with van der Waals surface area (Å²) in [4.78, 5) is 26.4.